The van der Waals surface area contributed by atoms with Crippen molar-refractivity contribution in [3.05, 3.63) is 71.3 Å². The van der Waals surface area contributed by atoms with Gasteiger partial charge in [0.2, 0.25) is 0 Å². The van der Waals surface area contributed by atoms with E-state index in [1.165, 1.54) is 11.1 Å². The van der Waals surface area contributed by atoms with Gasteiger partial charge >= 0.3 is 0 Å². The smallest absolute Gasteiger partial charge is 0.0716 e. The van der Waals surface area contributed by atoms with Crippen LogP contribution in [0.3, 0.4) is 0 Å². The van der Waals surface area contributed by atoms with Crippen molar-refractivity contribution < 1.29 is 4.74 Å². The highest BCUT2D eigenvalue weighted by Crippen LogP contribution is 2.02. The Bertz CT molecular complexity index is 558. The summed E-state index contributed by atoms with van der Waals surface area (Å²) >= 11 is 0. The summed E-state index contributed by atoms with van der Waals surface area (Å²) < 4.78 is 5.62. The van der Waals surface area contributed by atoms with Gasteiger partial charge in [-0.3, -0.25) is 0 Å². The van der Waals surface area contributed by atoms with Crippen LogP contribution in [0.2, 0.25) is 0 Å². The van der Waals surface area contributed by atoms with Crippen molar-refractivity contribution in [1.29, 1.82) is 0 Å². The number of unbranched alkanes of at least 4 members (excludes halogenated alkanes) is 1. The highest BCUT2D eigenvalue weighted by atomic mass is 16.5. The molecule has 0 bridgehead atoms. The highest BCUT2D eigenvalue weighted by Gasteiger charge is 1.91. The maximum absolute atomic E-state index is 5.62. The molecule has 0 aliphatic carbocycles. The van der Waals surface area contributed by atoms with E-state index in [0.717, 1.165) is 25.0 Å². The van der Waals surface area contributed by atoms with Gasteiger partial charge in [-0.05, 0) is 31.0 Å². The molecule has 0 amide bonds. The van der Waals surface area contributed by atoms with Crippen LogP contribution in [-0.4, -0.2) is 6.61 Å². The highest BCUT2D eigenvalue weighted by molar-refractivity contribution is 5.35. The molecule has 0 radical (unpaired) electrons. The number of hydrogen-bond donors (Lipinski definition) is 0. The van der Waals surface area contributed by atoms with Crippen LogP contribution in [0, 0.1) is 18.8 Å². The van der Waals surface area contributed by atoms with Crippen LogP contribution < -0.4 is 0 Å². The first kappa shape index (κ1) is 14.4. The van der Waals surface area contributed by atoms with Crippen molar-refractivity contribution >= 4 is 0 Å². The molecule has 0 fully saturated rings. The molecular formula is C19H20O. The Hall–Kier alpha value is -2.04. The Labute approximate surface area is 121 Å². The van der Waals surface area contributed by atoms with Crippen molar-refractivity contribution in [2.75, 3.05) is 6.61 Å². The quantitative estimate of drug-likeness (QED) is 0.576. The van der Waals surface area contributed by atoms with Gasteiger partial charge < -0.3 is 4.74 Å². The minimum atomic E-state index is 0.687. The molecule has 1 heteroatoms. The molecule has 0 atom stereocenters. The molecule has 0 spiro atoms. The van der Waals surface area contributed by atoms with E-state index in [2.05, 4.69) is 55.2 Å². The molecule has 2 aromatic carbocycles. The second-order valence-electron chi connectivity index (χ2n) is 4.81. The number of rotatable bonds is 5. The molecule has 0 heterocycles. The fourth-order valence-corrected chi connectivity index (χ4v) is 1.83. The van der Waals surface area contributed by atoms with Crippen molar-refractivity contribution in [1.82, 2.24) is 0 Å². The van der Waals surface area contributed by atoms with E-state index in [0.29, 0.717) is 6.61 Å². The Kier molecular flexibility index (Phi) is 5.89. The van der Waals surface area contributed by atoms with Gasteiger partial charge in [-0.15, -0.1) is 0 Å². The van der Waals surface area contributed by atoms with Crippen LogP contribution in [0.4, 0.5) is 0 Å². The third-order valence-corrected chi connectivity index (χ3v) is 2.99. The average Bonchev–Trinajstić information content (AvgIpc) is 2.49. The van der Waals surface area contributed by atoms with Crippen molar-refractivity contribution in [2.45, 2.75) is 26.4 Å². The molecule has 1 nitrogen and oxygen atoms in total. The third-order valence-electron chi connectivity index (χ3n) is 2.99. The Morgan fingerprint density at radius 3 is 2.45 bits per heavy atom. The van der Waals surface area contributed by atoms with Gasteiger partial charge in [0.25, 0.3) is 0 Å². The number of aryl methyl sites for hydroxylation is 1. The summed E-state index contributed by atoms with van der Waals surface area (Å²) in [5, 5.41) is 0. The minimum absolute atomic E-state index is 0.687. The van der Waals surface area contributed by atoms with Crippen LogP contribution in [-0.2, 0) is 11.3 Å². The van der Waals surface area contributed by atoms with Crippen molar-refractivity contribution in [2.24, 2.45) is 0 Å². The molecule has 102 valence electrons. The number of benzene rings is 2. The normalized spacial score (nSPS) is 9.85. The molecule has 0 aliphatic heterocycles. The average molecular weight is 264 g/mol. The van der Waals surface area contributed by atoms with E-state index in [4.69, 9.17) is 4.74 Å². The summed E-state index contributed by atoms with van der Waals surface area (Å²) in [5.41, 5.74) is 3.57. The Morgan fingerprint density at radius 1 is 0.950 bits per heavy atom. The third kappa shape index (κ3) is 5.30. The Morgan fingerprint density at radius 2 is 1.70 bits per heavy atom. The first-order chi connectivity index (χ1) is 9.84. The van der Waals surface area contributed by atoms with E-state index < -0.39 is 0 Å². The lowest BCUT2D eigenvalue weighted by Gasteiger charge is -2.02. The van der Waals surface area contributed by atoms with E-state index in [-0.39, 0.29) is 0 Å². The van der Waals surface area contributed by atoms with E-state index in [1.54, 1.807) is 0 Å². The van der Waals surface area contributed by atoms with Crippen LogP contribution in [0.5, 0.6) is 0 Å². The van der Waals surface area contributed by atoms with Gasteiger partial charge in [-0.1, -0.05) is 59.9 Å². The molecule has 2 aromatic rings. The van der Waals surface area contributed by atoms with Gasteiger partial charge in [0.1, 0.15) is 0 Å². The second-order valence-corrected chi connectivity index (χ2v) is 4.81. The summed E-state index contributed by atoms with van der Waals surface area (Å²) in [6.07, 6.45) is 1.86. The predicted molar refractivity (Wildman–Crippen MR) is 83.4 cm³/mol. The molecule has 0 saturated carbocycles. The van der Waals surface area contributed by atoms with Gasteiger partial charge in [0.15, 0.2) is 0 Å². The first-order valence-corrected chi connectivity index (χ1v) is 7.02. The maximum Gasteiger partial charge on any atom is 0.0716 e. The fourth-order valence-electron chi connectivity index (χ4n) is 1.83. The van der Waals surface area contributed by atoms with Gasteiger partial charge in [0.05, 0.1) is 6.61 Å². The topological polar surface area (TPSA) is 9.23 Å². The van der Waals surface area contributed by atoms with E-state index >= 15 is 0 Å². The monoisotopic (exact) mass is 264 g/mol. The first-order valence-electron chi connectivity index (χ1n) is 7.02. The summed E-state index contributed by atoms with van der Waals surface area (Å²) in [4.78, 5) is 0. The molecule has 2 rings (SSSR count). The summed E-state index contributed by atoms with van der Waals surface area (Å²) in [6, 6.07) is 18.6. The van der Waals surface area contributed by atoms with E-state index in [9.17, 15) is 0 Å². The van der Waals surface area contributed by atoms with Crippen molar-refractivity contribution in [3.8, 4) is 11.8 Å². The van der Waals surface area contributed by atoms with Crippen LogP contribution in [0.1, 0.15) is 29.5 Å². The fraction of sp³-hybridized carbons (Fsp3) is 0.263. The lowest BCUT2D eigenvalue weighted by Crippen LogP contribution is -1.94. The molecule has 0 N–H and O–H groups in total. The molecular weight excluding hydrogens is 244 g/mol. The molecule has 0 saturated heterocycles. The lowest BCUT2D eigenvalue weighted by atomic mass is 10.1. The molecule has 0 aliphatic rings. The minimum Gasteiger partial charge on any atom is -0.377 e. The second kappa shape index (κ2) is 8.19. The predicted octanol–water partition coefficient (Wildman–Crippen LogP) is 4.34. The van der Waals surface area contributed by atoms with E-state index in [1.807, 2.05) is 18.2 Å². The van der Waals surface area contributed by atoms with Gasteiger partial charge in [0, 0.05) is 18.6 Å². The van der Waals surface area contributed by atoms with Crippen molar-refractivity contribution in [3.63, 3.8) is 0 Å². The summed E-state index contributed by atoms with van der Waals surface area (Å²) in [7, 11) is 0. The molecule has 0 unspecified atom stereocenters. The SMILES string of the molecule is Cc1ccc(C#CCCCOCc2ccccc2)cc1. The number of hydrogen-bond acceptors (Lipinski definition) is 1. The maximum atomic E-state index is 5.62. The zero-order valence-electron chi connectivity index (χ0n) is 11.9. The standard InChI is InChI=1S/C19H20O/c1-17-11-13-18(14-12-17)8-6-3-7-15-20-16-19-9-4-2-5-10-19/h2,4-5,9-14H,3,7,15-16H2,1H3. The number of ether oxygens (including phenoxy) is 1. The van der Waals surface area contributed by atoms with Gasteiger partial charge in [-0.25, -0.2) is 0 Å². The molecule has 0 aromatic heterocycles. The molecule has 20 heavy (non-hydrogen) atoms. The zero-order chi connectivity index (χ0) is 14.0. The van der Waals surface area contributed by atoms with Crippen LogP contribution in [0.25, 0.3) is 0 Å². The van der Waals surface area contributed by atoms with Gasteiger partial charge in [-0.2, -0.15) is 0 Å². The summed E-state index contributed by atoms with van der Waals surface area (Å²) in [5.74, 6) is 6.36. The zero-order valence-corrected chi connectivity index (χ0v) is 11.9. The van der Waals surface area contributed by atoms with Crippen LogP contribution >= 0.6 is 0 Å². The largest absolute Gasteiger partial charge is 0.377 e. The Balaban J connectivity index is 1.61. The summed E-state index contributed by atoms with van der Waals surface area (Å²) in [6.45, 7) is 3.53. The van der Waals surface area contributed by atoms with Crippen LogP contribution in [0.15, 0.2) is 54.6 Å². The lowest BCUT2D eigenvalue weighted by molar-refractivity contribution is 0.119.